The molecule has 1 aromatic rings. The molecule has 0 unspecified atom stereocenters. The zero-order valence-electron chi connectivity index (χ0n) is 16.3. The van der Waals surface area contributed by atoms with E-state index in [0.717, 1.165) is 24.8 Å². The van der Waals surface area contributed by atoms with Gasteiger partial charge in [0.05, 0.1) is 5.75 Å². The molecule has 0 bridgehead atoms. The first-order chi connectivity index (χ1) is 12.3. The summed E-state index contributed by atoms with van der Waals surface area (Å²) in [4.78, 5) is 12.3. The average molecular weight is 380 g/mol. The van der Waals surface area contributed by atoms with Crippen LogP contribution in [-0.4, -0.2) is 31.9 Å². The van der Waals surface area contributed by atoms with Crippen LogP contribution in [0.15, 0.2) is 30.3 Å². The molecule has 1 N–H and O–H groups in total. The second-order valence-electron chi connectivity index (χ2n) is 8.18. The number of sulfone groups is 1. The van der Waals surface area contributed by atoms with Crippen molar-refractivity contribution in [1.29, 1.82) is 0 Å². The van der Waals surface area contributed by atoms with E-state index in [1.807, 2.05) is 30.3 Å². The van der Waals surface area contributed by atoms with Gasteiger partial charge in [0.1, 0.15) is 5.75 Å². The lowest BCUT2D eigenvalue weighted by Gasteiger charge is -2.37. The van der Waals surface area contributed by atoms with E-state index < -0.39 is 15.6 Å². The molecule has 0 heterocycles. The van der Waals surface area contributed by atoms with Crippen LogP contribution >= 0.6 is 0 Å². The van der Waals surface area contributed by atoms with Gasteiger partial charge in [0.15, 0.2) is 9.84 Å². The Hall–Kier alpha value is -1.36. The summed E-state index contributed by atoms with van der Waals surface area (Å²) >= 11 is 0. The van der Waals surface area contributed by atoms with Gasteiger partial charge >= 0.3 is 0 Å². The lowest BCUT2D eigenvalue weighted by molar-refractivity contribution is -0.120. The predicted octanol–water partition coefficient (Wildman–Crippen LogP) is 3.61. The second-order valence-corrected chi connectivity index (χ2v) is 10.4. The Kier molecular flexibility index (Phi) is 7.69. The summed E-state index contributed by atoms with van der Waals surface area (Å²) in [5.74, 6) is 0.847. The summed E-state index contributed by atoms with van der Waals surface area (Å²) in [7, 11) is -3.37. The SMILES string of the molecule is CC(C)[C@@H]1CC[C@H](C)C[C@H]1NC(=O)CS(=O)(=O)CCCc1ccccc1. The molecular formula is C21H33NO3S. The van der Waals surface area contributed by atoms with Gasteiger partial charge < -0.3 is 5.32 Å². The third-order valence-corrected chi connectivity index (χ3v) is 7.10. The molecule has 146 valence electrons. The maximum Gasteiger partial charge on any atom is 0.235 e. The molecule has 0 aliphatic heterocycles. The molecule has 4 nitrogen and oxygen atoms in total. The molecule has 0 saturated heterocycles. The Morgan fingerprint density at radius 3 is 2.54 bits per heavy atom. The van der Waals surface area contributed by atoms with Crippen molar-refractivity contribution >= 4 is 15.7 Å². The van der Waals surface area contributed by atoms with Crippen LogP contribution in [0.4, 0.5) is 0 Å². The van der Waals surface area contributed by atoms with Crippen LogP contribution in [0.5, 0.6) is 0 Å². The summed E-state index contributed by atoms with van der Waals surface area (Å²) in [6.45, 7) is 6.57. The van der Waals surface area contributed by atoms with Crippen molar-refractivity contribution in [3.05, 3.63) is 35.9 Å². The highest BCUT2D eigenvalue weighted by atomic mass is 32.2. The summed E-state index contributed by atoms with van der Waals surface area (Å²) in [5, 5.41) is 3.03. The molecule has 2 rings (SSSR count). The van der Waals surface area contributed by atoms with Gasteiger partial charge in [0, 0.05) is 6.04 Å². The minimum atomic E-state index is -3.37. The van der Waals surface area contributed by atoms with Crippen LogP contribution in [0.3, 0.4) is 0 Å². The second kappa shape index (κ2) is 9.54. The van der Waals surface area contributed by atoms with Crippen LogP contribution in [0.25, 0.3) is 0 Å². The van der Waals surface area contributed by atoms with Gasteiger partial charge in [0.25, 0.3) is 0 Å². The highest BCUT2D eigenvalue weighted by molar-refractivity contribution is 7.92. The van der Waals surface area contributed by atoms with Crippen LogP contribution in [0, 0.1) is 17.8 Å². The number of nitrogens with one attached hydrogen (secondary N) is 1. The normalized spacial score (nSPS) is 23.8. The van der Waals surface area contributed by atoms with Crippen molar-refractivity contribution in [2.45, 2.75) is 58.9 Å². The summed E-state index contributed by atoms with van der Waals surface area (Å²) in [5.41, 5.74) is 1.13. The molecule has 1 fully saturated rings. The van der Waals surface area contributed by atoms with Crippen LogP contribution < -0.4 is 5.32 Å². The zero-order valence-corrected chi connectivity index (χ0v) is 17.1. The van der Waals surface area contributed by atoms with E-state index in [1.165, 1.54) is 6.42 Å². The van der Waals surface area contributed by atoms with E-state index in [-0.39, 0.29) is 17.7 Å². The Morgan fingerprint density at radius 1 is 1.19 bits per heavy atom. The first kappa shape index (κ1) is 20.9. The molecule has 5 heteroatoms. The van der Waals surface area contributed by atoms with Crippen LogP contribution in [-0.2, 0) is 21.1 Å². The number of carbonyl (C=O) groups is 1. The number of hydrogen-bond acceptors (Lipinski definition) is 3. The van der Waals surface area contributed by atoms with Gasteiger partial charge in [-0.1, -0.05) is 57.5 Å². The molecular weight excluding hydrogens is 346 g/mol. The van der Waals surface area contributed by atoms with Crippen molar-refractivity contribution in [3.8, 4) is 0 Å². The summed E-state index contributed by atoms with van der Waals surface area (Å²) in [6, 6.07) is 9.94. The molecule has 3 atom stereocenters. The van der Waals surface area contributed by atoms with Gasteiger partial charge in [-0.15, -0.1) is 0 Å². The van der Waals surface area contributed by atoms with Crippen molar-refractivity contribution in [1.82, 2.24) is 5.32 Å². The fourth-order valence-corrected chi connectivity index (χ4v) is 5.24. The van der Waals surface area contributed by atoms with Gasteiger partial charge in [-0.2, -0.15) is 0 Å². The Labute approximate surface area is 158 Å². The first-order valence-corrected chi connectivity index (χ1v) is 11.6. The molecule has 1 aliphatic carbocycles. The van der Waals surface area contributed by atoms with Crippen molar-refractivity contribution in [2.75, 3.05) is 11.5 Å². The third kappa shape index (κ3) is 6.75. The molecule has 1 aromatic carbocycles. The standard InChI is InChI=1S/C21H33NO3S/c1-16(2)19-12-11-17(3)14-20(19)22-21(23)15-26(24,25)13-7-10-18-8-5-4-6-9-18/h4-6,8-9,16-17,19-20H,7,10-15H2,1-3H3,(H,22,23)/t17-,19-,20+/m0/s1. The lowest BCUT2D eigenvalue weighted by Crippen LogP contribution is -2.47. The summed E-state index contributed by atoms with van der Waals surface area (Å²) < 4.78 is 24.6. The number of aryl methyl sites for hydroxylation is 1. The topological polar surface area (TPSA) is 63.2 Å². The molecule has 1 amide bonds. The molecule has 1 saturated carbocycles. The number of rotatable bonds is 8. The van der Waals surface area contributed by atoms with Gasteiger partial charge in [-0.25, -0.2) is 8.42 Å². The monoisotopic (exact) mass is 379 g/mol. The fraction of sp³-hybridized carbons (Fsp3) is 0.667. The zero-order chi connectivity index (χ0) is 19.2. The maximum absolute atomic E-state index is 12.3. The molecule has 1 aliphatic rings. The quantitative estimate of drug-likeness (QED) is 0.750. The van der Waals surface area contributed by atoms with Crippen molar-refractivity contribution in [2.24, 2.45) is 17.8 Å². The highest BCUT2D eigenvalue weighted by Crippen LogP contribution is 2.33. The Bertz CT molecular complexity index is 670. The van der Waals surface area contributed by atoms with Gasteiger partial charge in [-0.3, -0.25) is 4.79 Å². The van der Waals surface area contributed by atoms with E-state index in [2.05, 4.69) is 26.1 Å². The first-order valence-electron chi connectivity index (χ1n) is 9.80. The molecule has 0 aromatic heterocycles. The Balaban J connectivity index is 1.82. The van der Waals surface area contributed by atoms with Crippen LogP contribution in [0.1, 0.15) is 52.0 Å². The lowest BCUT2D eigenvalue weighted by atomic mass is 9.74. The number of amides is 1. The van der Waals surface area contributed by atoms with E-state index in [9.17, 15) is 13.2 Å². The van der Waals surface area contributed by atoms with E-state index in [0.29, 0.717) is 24.2 Å². The number of carbonyl (C=O) groups excluding carboxylic acids is 1. The smallest absolute Gasteiger partial charge is 0.235 e. The fourth-order valence-electron chi connectivity index (χ4n) is 4.03. The summed E-state index contributed by atoms with van der Waals surface area (Å²) in [6.07, 6.45) is 4.51. The van der Waals surface area contributed by atoms with Crippen molar-refractivity contribution in [3.63, 3.8) is 0 Å². The minimum Gasteiger partial charge on any atom is -0.352 e. The molecule has 26 heavy (non-hydrogen) atoms. The maximum atomic E-state index is 12.3. The predicted molar refractivity (Wildman–Crippen MR) is 107 cm³/mol. The molecule has 0 radical (unpaired) electrons. The van der Waals surface area contributed by atoms with Crippen molar-refractivity contribution < 1.29 is 13.2 Å². The van der Waals surface area contributed by atoms with E-state index >= 15 is 0 Å². The van der Waals surface area contributed by atoms with Crippen LogP contribution in [0.2, 0.25) is 0 Å². The third-order valence-electron chi connectivity index (χ3n) is 5.48. The largest absolute Gasteiger partial charge is 0.352 e. The van der Waals surface area contributed by atoms with Gasteiger partial charge in [-0.05, 0) is 49.0 Å². The average Bonchev–Trinajstić information content (AvgIpc) is 2.54. The number of hydrogen-bond donors (Lipinski definition) is 1. The highest BCUT2D eigenvalue weighted by Gasteiger charge is 2.32. The van der Waals surface area contributed by atoms with Gasteiger partial charge in [0.2, 0.25) is 5.91 Å². The molecule has 0 spiro atoms. The van der Waals surface area contributed by atoms with E-state index in [1.54, 1.807) is 0 Å². The minimum absolute atomic E-state index is 0.0595. The number of benzene rings is 1. The van der Waals surface area contributed by atoms with E-state index in [4.69, 9.17) is 0 Å². The Morgan fingerprint density at radius 2 is 1.88 bits per heavy atom.